The summed E-state index contributed by atoms with van der Waals surface area (Å²) in [6.45, 7) is 2.23. The average Bonchev–Trinajstić information content (AvgIpc) is 3.03. The Morgan fingerprint density at radius 3 is 2.49 bits per heavy atom. The van der Waals surface area contributed by atoms with Gasteiger partial charge in [0.05, 0.1) is 24.9 Å². The number of amides is 1. The molecule has 202 valence electrons. The number of carbonyl (C=O) groups excluding carboxylic acids is 1. The molecule has 0 radical (unpaired) electrons. The number of rotatable bonds is 8. The lowest BCUT2D eigenvalue weighted by Crippen LogP contribution is -2.42. The minimum absolute atomic E-state index is 0.00530. The lowest BCUT2D eigenvalue weighted by Gasteiger charge is -2.26. The molecule has 1 aliphatic heterocycles. The van der Waals surface area contributed by atoms with E-state index in [1.165, 1.54) is 17.0 Å². The SMILES string of the molecule is COc1ccc2c(c1)C(c1ccc(Cl)cc1)=N[C@@H](CC(=O)NCCNc1ccc(O)c(O)c1)C(=N)N2C(C)=N. The van der Waals surface area contributed by atoms with Gasteiger partial charge in [-0.1, -0.05) is 23.7 Å². The molecule has 1 heterocycles. The van der Waals surface area contributed by atoms with Crippen LogP contribution in [-0.2, 0) is 4.79 Å². The molecule has 1 atom stereocenters. The molecule has 4 rings (SSSR count). The van der Waals surface area contributed by atoms with Crippen LogP contribution in [0, 0.1) is 10.8 Å². The van der Waals surface area contributed by atoms with Crippen molar-refractivity contribution in [2.24, 2.45) is 4.99 Å². The largest absolute Gasteiger partial charge is 0.504 e. The fraction of sp³-hybridized carbons (Fsp3) is 0.214. The minimum Gasteiger partial charge on any atom is -0.504 e. The van der Waals surface area contributed by atoms with Crippen molar-refractivity contribution in [3.8, 4) is 17.2 Å². The molecular weight excluding hydrogens is 520 g/mol. The number of fused-ring (bicyclic) bond motifs is 1. The van der Waals surface area contributed by atoms with Crippen LogP contribution in [0.5, 0.6) is 17.2 Å². The summed E-state index contributed by atoms with van der Waals surface area (Å²) in [5, 5.41) is 42.8. The van der Waals surface area contributed by atoms with Crippen molar-refractivity contribution in [2.75, 3.05) is 30.4 Å². The molecule has 0 bridgehead atoms. The Morgan fingerprint density at radius 1 is 1.08 bits per heavy atom. The maximum absolute atomic E-state index is 12.9. The Labute approximate surface area is 230 Å². The Balaban J connectivity index is 1.58. The number of carbonyl (C=O) groups is 1. The number of aromatic hydroxyl groups is 2. The van der Waals surface area contributed by atoms with Crippen LogP contribution in [0.3, 0.4) is 0 Å². The van der Waals surface area contributed by atoms with Crippen molar-refractivity contribution in [3.63, 3.8) is 0 Å². The zero-order valence-corrected chi connectivity index (χ0v) is 22.2. The molecule has 0 unspecified atom stereocenters. The molecule has 3 aromatic carbocycles. The average molecular weight is 549 g/mol. The van der Waals surface area contributed by atoms with Gasteiger partial charge in [0.2, 0.25) is 5.91 Å². The molecule has 1 aliphatic rings. The first kappa shape index (κ1) is 27.5. The first-order valence-corrected chi connectivity index (χ1v) is 12.5. The number of nitrogens with one attached hydrogen (secondary N) is 4. The van der Waals surface area contributed by atoms with Gasteiger partial charge in [-0.05, 0) is 49.4 Å². The number of aliphatic imine (C=N–C) groups is 1. The molecule has 39 heavy (non-hydrogen) atoms. The number of nitrogens with zero attached hydrogens (tertiary/aromatic N) is 2. The van der Waals surface area contributed by atoms with Crippen molar-refractivity contribution in [1.82, 2.24) is 5.32 Å². The summed E-state index contributed by atoms with van der Waals surface area (Å²) in [4.78, 5) is 19.3. The number of methoxy groups -OCH3 is 1. The Bertz CT molecular complexity index is 1440. The fourth-order valence-electron chi connectivity index (χ4n) is 4.22. The summed E-state index contributed by atoms with van der Waals surface area (Å²) in [7, 11) is 1.56. The summed E-state index contributed by atoms with van der Waals surface area (Å²) in [6, 6.07) is 16.0. The summed E-state index contributed by atoms with van der Waals surface area (Å²) in [5.41, 5.74) is 3.15. The van der Waals surface area contributed by atoms with Gasteiger partial charge in [-0.25, -0.2) is 0 Å². The van der Waals surface area contributed by atoms with E-state index in [-0.39, 0.29) is 42.0 Å². The number of halogens is 1. The highest BCUT2D eigenvalue weighted by molar-refractivity contribution is 6.31. The van der Waals surface area contributed by atoms with Gasteiger partial charge in [0.25, 0.3) is 0 Å². The molecule has 0 saturated heterocycles. The van der Waals surface area contributed by atoms with Gasteiger partial charge >= 0.3 is 0 Å². The Kier molecular flexibility index (Phi) is 8.36. The molecule has 11 heteroatoms. The Morgan fingerprint density at radius 2 is 1.82 bits per heavy atom. The Hall–Kier alpha value is -4.57. The van der Waals surface area contributed by atoms with Crippen LogP contribution in [0.25, 0.3) is 0 Å². The predicted molar refractivity (Wildman–Crippen MR) is 153 cm³/mol. The van der Waals surface area contributed by atoms with Gasteiger partial charge in [0, 0.05) is 41.0 Å². The van der Waals surface area contributed by atoms with Gasteiger partial charge in [-0.3, -0.25) is 25.5 Å². The third-order valence-corrected chi connectivity index (χ3v) is 6.38. The molecule has 0 aromatic heterocycles. The molecule has 10 nitrogen and oxygen atoms in total. The second-order valence-electron chi connectivity index (χ2n) is 8.87. The summed E-state index contributed by atoms with van der Waals surface area (Å²) in [6.07, 6.45) is -0.106. The monoisotopic (exact) mass is 548 g/mol. The molecule has 0 fully saturated rings. The number of phenols is 2. The van der Waals surface area contributed by atoms with Crippen LogP contribution < -0.4 is 20.3 Å². The number of phenolic OH excluding ortho intramolecular Hbond substituents is 2. The minimum atomic E-state index is -0.864. The number of amidine groups is 2. The second-order valence-corrected chi connectivity index (χ2v) is 9.31. The quantitative estimate of drug-likeness (QED) is 0.0807. The van der Waals surface area contributed by atoms with Gasteiger partial charge < -0.3 is 25.6 Å². The third kappa shape index (κ3) is 6.29. The van der Waals surface area contributed by atoms with Gasteiger partial charge in [-0.2, -0.15) is 0 Å². The third-order valence-electron chi connectivity index (χ3n) is 6.12. The molecular formula is C28H29ClN6O4. The highest BCUT2D eigenvalue weighted by atomic mass is 35.5. The highest BCUT2D eigenvalue weighted by Crippen LogP contribution is 2.33. The van der Waals surface area contributed by atoms with Crippen molar-refractivity contribution in [1.29, 1.82) is 10.8 Å². The summed E-state index contributed by atoms with van der Waals surface area (Å²) < 4.78 is 5.44. The van der Waals surface area contributed by atoms with Gasteiger partial charge in [0.1, 0.15) is 23.5 Å². The van der Waals surface area contributed by atoms with E-state index in [2.05, 4.69) is 10.6 Å². The summed E-state index contributed by atoms with van der Waals surface area (Å²) >= 11 is 6.12. The van der Waals surface area contributed by atoms with E-state index in [0.29, 0.717) is 40.0 Å². The van der Waals surface area contributed by atoms with Crippen LogP contribution in [0.1, 0.15) is 24.5 Å². The standard InChI is InChI=1S/C28H29ClN6O4/c1-16(30)35-23-9-8-20(39-2)14-21(23)27(17-3-5-18(29)6-4-17)34-22(28(35)31)15-26(38)33-12-11-32-19-7-10-24(36)25(37)13-19/h3-10,13-14,22,30-32,36-37H,11-12,15H2,1-2H3,(H,33,38)/t22-/m0/s1. The van der Waals surface area contributed by atoms with Crippen LogP contribution in [0.2, 0.25) is 5.02 Å². The van der Waals surface area contributed by atoms with Crippen LogP contribution in [0.4, 0.5) is 11.4 Å². The maximum Gasteiger partial charge on any atom is 0.222 e. The molecule has 0 saturated carbocycles. The smallest absolute Gasteiger partial charge is 0.222 e. The molecule has 0 spiro atoms. The van der Waals surface area contributed by atoms with Gasteiger partial charge in [0.15, 0.2) is 11.5 Å². The first-order chi connectivity index (χ1) is 18.7. The number of anilines is 2. The lowest BCUT2D eigenvalue weighted by molar-refractivity contribution is -0.121. The normalized spacial score (nSPS) is 14.6. The van der Waals surface area contributed by atoms with E-state index >= 15 is 0 Å². The number of benzene rings is 3. The van der Waals surface area contributed by atoms with Gasteiger partial charge in [-0.15, -0.1) is 0 Å². The van der Waals surface area contributed by atoms with E-state index in [4.69, 9.17) is 32.1 Å². The molecule has 3 aromatic rings. The van der Waals surface area contributed by atoms with E-state index in [9.17, 15) is 15.0 Å². The fourth-order valence-corrected chi connectivity index (χ4v) is 4.35. The zero-order chi connectivity index (χ0) is 28.1. The van der Waals surface area contributed by atoms with E-state index < -0.39 is 6.04 Å². The number of hydrogen-bond donors (Lipinski definition) is 6. The van der Waals surface area contributed by atoms with Crippen molar-refractivity contribution >= 4 is 46.3 Å². The number of hydrogen-bond acceptors (Lipinski definition) is 8. The van der Waals surface area contributed by atoms with Crippen molar-refractivity contribution in [3.05, 3.63) is 76.8 Å². The topological polar surface area (TPSA) is 154 Å². The van der Waals surface area contributed by atoms with Crippen LogP contribution >= 0.6 is 11.6 Å². The lowest BCUT2D eigenvalue weighted by atomic mass is 9.99. The zero-order valence-electron chi connectivity index (χ0n) is 21.5. The predicted octanol–water partition coefficient (Wildman–Crippen LogP) is 4.38. The van der Waals surface area contributed by atoms with Crippen molar-refractivity contribution in [2.45, 2.75) is 19.4 Å². The van der Waals surface area contributed by atoms with E-state index in [1.54, 1.807) is 50.4 Å². The van der Waals surface area contributed by atoms with Crippen LogP contribution in [-0.4, -0.2) is 59.7 Å². The maximum atomic E-state index is 12.9. The highest BCUT2D eigenvalue weighted by Gasteiger charge is 2.32. The molecule has 0 aliphatic carbocycles. The molecule has 6 N–H and O–H groups in total. The second kappa shape index (κ2) is 11.9. The van der Waals surface area contributed by atoms with E-state index in [1.807, 2.05) is 12.1 Å². The first-order valence-electron chi connectivity index (χ1n) is 12.2. The molecule has 1 amide bonds. The number of ether oxygens (including phenoxy) is 1. The van der Waals surface area contributed by atoms with Crippen molar-refractivity contribution < 1.29 is 19.7 Å². The van der Waals surface area contributed by atoms with E-state index in [0.717, 1.165) is 5.56 Å². The summed E-state index contributed by atoms with van der Waals surface area (Å²) in [5.74, 6) is -0.0556. The van der Waals surface area contributed by atoms with Crippen LogP contribution in [0.15, 0.2) is 65.7 Å². The number of benzodiazepines with no additional fused rings is 1.